The van der Waals surface area contributed by atoms with E-state index in [-0.39, 0.29) is 5.78 Å². The summed E-state index contributed by atoms with van der Waals surface area (Å²) in [7, 11) is 0. The summed E-state index contributed by atoms with van der Waals surface area (Å²) >= 11 is 3.48. The van der Waals surface area contributed by atoms with E-state index in [0.717, 1.165) is 21.2 Å². The van der Waals surface area contributed by atoms with E-state index in [2.05, 4.69) is 15.9 Å². The van der Waals surface area contributed by atoms with E-state index < -0.39 is 0 Å². The van der Waals surface area contributed by atoms with Gasteiger partial charge in [-0.2, -0.15) is 0 Å². The first-order valence-electron chi connectivity index (χ1n) is 5.92. The second-order valence-corrected chi connectivity index (χ2v) is 5.32. The predicted octanol–water partition coefficient (Wildman–Crippen LogP) is 4.49. The molecule has 2 aromatic rings. The highest BCUT2D eigenvalue weighted by molar-refractivity contribution is 9.10. The maximum absolute atomic E-state index is 12.2. The monoisotopic (exact) mass is 302 g/mol. The third-order valence-corrected chi connectivity index (χ3v) is 4.03. The van der Waals surface area contributed by atoms with Crippen molar-refractivity contribution in [2.75, 3.05) is 0 Å². The van der Waals surface area contributed by atoms with Crippen molar-refractivity contribution in [2.45, 2.75) is 20.3 Å². The quantitative estimate of drug-likeness (QED) is 0.763. The lowest BCUT2D eigenvalue weighted by atomic mass is 10.0. The van der Waals surface area contributed by atoms with Gasteiger partial charge in [0.1, 0.15) is 0 Å². The molecular formula is C16H15BrO. The normalized spacial score (nSPS) is 10.4. The summed E-state index contributed by atoms with van der Waals surface area (Å²) in [6, 6.07) is 13.9. The number of aryl methyl sites for hydroxylation is 2. The molecule has 0 saturated carbocycles. The van der Waals surface area contributed by atoms with E-state index in [1.807, 2.05) is 56.3 Å². The number of rotatable bonds is 3. The molecule has 2 aromatic carbocycles. The van der Waals surface area contributed by atoms with Crippen LogP contribution in [0.1, 0.15) is 27.0 Å². The van der Waals surface area contributed by atoms with Crippen LogP contribution in [0.3, 0.4) is 0 Å². The molecule has 0 aliphatic heterocycles. The van der Waals surface area contributed by atoms with E-state index in [9.17, 15) is 4.79 Å². The summed E-state index contributed by atoms with van der Waals surface area (Å²) in [6.07, 6.45) is 0.447. The van der Waals surface area contributed by atoms with Gasteiger partial charge in [-0.15, -0.1) is 0 Å². The minimum atomic E-state index is 0.148. The molecule has 0 atom stereocenters. The van der Waals surface area contributed by atoms with Crippen molar-refractivity contribution in [1.82, 2.24) is 0 Å². The van der Waals surface area contributed by atoms with E-state index in [4.69, 9.17) is 0 Å². The Morgan fingerprint density at radius 3 is 2.39 bits per heavy atom. The minimum Gasteiger partial charge on any atom is -0.294 e. The van der Waals surface area contributed by atoms with Crippen LogP contribution in [0.15, 0.2) is 46.9 Å². The van der Waals surface area contributed by atoms with Gasteiger partial charge in [0.05, 0.1) is 0 Å². The Labute approximate surface area is 116 Å². The topological polar surface area (TPSA) is 17.1 Å². The zero-order valence-corrected chi connectivity index (χ0v) is 12.1. The molecule has 2 rings (SSSR count). The summed E-state index contributed by atoms with van der Waals surface area (Å²) in [5.41, 5.74) is 4.11. The fourth-order valence-electron chi connectivity index (χ4n) is 1.85. The summed E-state index contributed by atoms with van der Waals surface area (Å²) in [5, 5.41) is 0. The Morgan fingerprint density at radius 1 is 1.06 bits per heavy atom. The van der Waals surface area contributed by atoms with Crippen LogP contribution < -0.4 is 0 Å². The largest absolute Gasteiger partial charge is 0.294 e. The molecule has 0 bridgehead atoms. The van der Waals surface area contributed by atoms with Gasteiger partial charge in [0.15, 0.2) is 5.78 Å². The Bertz CT molecular complexity index is 570. The van der Waals surface area contributed by atoms with Crippen molar-refractivity contribution in [3.05, 3.63) is 69.2 Å². The molecule has 1 nitrogen and oxygen atoms in total. The van der Waals surface area contributed by atoms with Crippen molar-refractivity contribution in [1.29, 1.82) is 0 Å². The molecule has 0 spiro atoms. The fraction of sp³-hybridized carbons (Fsp3) is 0.188. The zero-order valence-electron chi connectivity index (χ0n) is 10.5. The lowest BCUT2D eigenvalue weighted by Gasteiger charge is -2.06. The smallest absolute Gasteiger partial charge is 0.168 e. The van der Waals surface area contributed by atoms with Gasteiger partial charge in [-0.25, -0.2) is 0 Å². The Hall–Kier alpha value is -1.41. The maximum Gasteiger partial charge on any atom is 0.168 e. The highest BCUT2D eigenvalue weighted by atomic mass is 79.9. The number of benzene rings is 2. The van der Waals surface area contributed by atoms with Crippen molar-refractivity contribution in [3.8, 4) is 0 Å². The van der Waals surface area contributed by atoms with Gasteiger partial charge in [0, 0.05) is 16.5 Å². The Morgan fingerprint density at radius 2 is 1.72 bits per heavy atom. The molecule has 92 valence electrons. The standard InChI is InChI=1S/C16H15BrO/c1-11-6-8-13(9-7-11)10-15(18)14-5-3-4-12(2)16(14)17/h3-9H,10H2,1-2H3. The van der Waals surface area contributed by atoms with Crippen LogP contribution in [-0.4, -0.2) is 5.78 Å². The first-order chi connectivity index (χ1) is 8.58. The van der Waals surface area contributed by atoms with Gasteiger partial charge < -0.3 is 0 Å². The maximum atomic E-state index is 12.2. The highest BCUT2D eigenvalue weighted by Crippen LogP contribution is 2.22. The first-order valence-corrected chi connectivity index (χ1v) is 6.71. The lowest BCUT2D eigenvalue weighted by Crippen LogP contribution is -2.05. The molecule has 0 aliphatic carbocycles. The zero-order chi connectivity index (χ0) is 13.1. The van der Waals surface area contributed by atoms with Crippen LogP contribution in [0.2, 0.25) is 0 Å². The summed E-state index contributed by atoms with van der Waals surface area (Å²) in [5.74, 6) is 0.148. The Kier molecular flexibility index (Phi) is 3.97. The minimum absolute atomic E-state index is 0.148. The SMILES string of the molecule is Cc1ccc(CC(=O)c2cccc(C)c2Br)cc1. The molecule has 0 N–H and O–H groups in total. The number of halogens is 1. The van der Waals surface area contributed by atoms with Crippen molar-refractivity contribution in [3.63, 3.8) is 0 Å². The number of hydrogen-bond acceptors (Lipinski definition) is 1. The second-order valence-electron chi connectivity index (χ2n) is 4.52. The van der Waals surface area contributed by atoms with Gasteiger partial charge in [0.2, 0.25) is 0 Å². The van der Waals surface area contributed by atoms with Crippen LogP contribution in [0.5, 0.6) is 0 Å². The van der Waals surface area contributed by atoms with Crippen LogP contribution >= 0.6 is 15.9 Å². The summed E-state index contributed by atoms with van der Waals surface area (Å²) in [6.45, 7) is 4.04. The molecule has 0 fully saturated rings. The van der Waals surface area contributed by atoms with Crippen molar-refractivity contribution >= 4 is 21.7 Å². The summed E-state index contributed by atoms with van der Waals surface area (Å²) in [4.78, 5) is 12.2. The molecule has 18 heavy (non-hydrogen) atoms. The van der Waals surface area contributed by atoms with Gasteiger partial charge >= 0.3 is 0 Å². The van der Waals surface area contributed by atoms with Gasteiger partial charge in [0.25, 0.3) is 0 Å². The molecule has 0 saturated heterocycles. The van der Waals surface area contributed by atoms with Gasteiger partial charge in [-0.1, -0.05) is 48.0 Å². The lowest BCUT2D eigenvalue weighted by molar-refractivity contribution is 0.0992. The second kappa shape index (κ2) is 5.49. The average molecular weight is 303 g/mol. The first kappa shape index (κ1) is 13.0. The van der Waals surface area contributed by atoms with Crippen LogP contribution in [-0.2, 0) is 6.42 Å². The highest BCUT2D eigenvalue weighted by Gasteiger charge is 2.11. The molecule has 0 aromatic heterocycles. The molecule has 0 aliphatic rings. The number of hydrogen-bond donors (Lipinski definition) is 0. The van der Waals surface area contributed by atoms with Crippen LogP contribution in [0, 0.1) is 13.8 Å². The number of carbonyl (C=O) groups excluding carboxylic acids is 1. The number of ketones is 1. The van der Waals surface area contributed by atoms with E-state index in [1.165, 1.54) is 5.56 Å². The average Bonchev–Trinajstić information content (AvgIpc) is 2.35. The van der Waals surface area contributed by atoms with Crippen LogP contribution in [0.25, 0.3) is 0 Å². The van der Waals surface area contributed by atoms with Crippen molar-refractivity contribution < 1.29 is 4.79 Å². The van der Waals surface area contributed by atoms with E-state index in [0.29, 0.717) is 6.42 Å². The number of Topliss-reactive ketones (excluding diaryl/α,β-unsaturated/α-hetero) is 1. The molecule has 2 heteroatoms. The number of carbonyl (C=O) groups is 1. The summed E-state index contributed by atoms with van der Waals surface area (Å²) < 4.78 is 0.905. The van der Waals surface area contributed by atoms with Gasteiger partial charge in [-0.3, -0.25) is 4.79 Å². The van der Waals surface area contributed by atoms with E-state index in [1.54, 1.807) is 0 Å². The van der Waals surface area contributed by atoms with Crippen LogP contribution in [0.4, 0.5) is 0 Å². The molecule has 0 unspecified atom stereocenters. The third kappa shape index (κ3) is 2.88. The third-order valence-electron chi connectivity index (χ3n) is 2.98. The molecule has 0 heterocycles. The molecule has 0 amide bonds. The van der Waals surface area contributed by atoms with E-state index >= 15 is 0 Å². The van der Waals surface area contributed by atoms with Gasteiger partial charge in [-0.05, 0) is 40.9 Å². The molecular weight excluding hydrogens is 288 g/mol. The Balaban J connectivity index is 2.22. The molecule has 0 radical (unpaired) electrons. The van der Waals surface area contributed by atoms with Crippen molar-refractivity contribution in [2.24, 2.45) is 0 Å². The fourth-order valence-corrected chi connectivity index (χ4v) is 2.33. The predicted molar refractivity (Wildman–Crippen MR) is 78.1 cm³/mol.